The van der Waals surface area contributed by atoms with Gasteiger partial charge in [-0.3, -0.25) is 0 Å². The molecular formula is C10H16O4. The molecule has 1 N–H and O–H groups in total. The maximum Gasteiger partial charge on any atom is 0.331 e. The first-order valence-electron chi connectivity index (χ1n) is 4.33. The molecule has 1 unspecified atom stereocenters. The number of hydrogen-bond acceptors (Lipinski definition) is 3. The number of hydrogen-bond donors (Lipinski definition) is 1. The lowest BCUT2D eigenvalue weighted by Gasteiger charge is -2.08. The van der Waals surface area contributed by atoms with E-state index < -0.39 is 5.97 Å². The third-order valence-corrected chi connectivity index (χ3v) is 1.52. The van der Waals surface area contributed by atoms with Gasteiger partial charge in [-0.15, -0.1) is 0 Å². The molecule has 14 heavy (non-hydrogen) atoms. The van der Waals surface area contributed by atoms with Gasteiger partial charge in [-0.05, 0) is 19.9 Å². The maximum absolute atomic E-state index is 10.4. The molecule has 0 aromatic rings. The zero-order valence-corrected chi connectivity index (χ0v) is 8.53. The Kier molecular flexibility index (Phi) is 6.49. The van der Waals surface area contributed by atoms with E-state index in [4.69, 9.17) is 14.6 Å². The standard InChI is InChI=1S/C10H16O4/c1-4-13-5-6-14-9(3)7-8(2)10(11)12/h4,7,9H,1,5-6H2,2-3H3,(H,11,12)/b8-7-. The summed E-state index contributed by atoms with van der Waals surface area (Å²) in [6.45, 7) is 7.53. The molecule has 0 saturated carbocycles. The third kappa shape index (κ3) is 6.25. The summed E-state index contributed by atoms with van der Waals surface area (Å²) in [7, 11) is 0. The van der Waals surface area contributed by atoms with E-state index in [9.17, 15) is 4.79 Å². The molecule has 0 aliphatic carbocycles. The minimum absolute atomic E-state index is 0.223. The van der Waals surface area contributed by atoms with Gasteiger partial charge in [0.05, 0.1) is 19.0 Å². The molecule has 0 amide bonds. The zero-order chi connectivity index (χ0) is 11.0. The van der Waals surface area contributed by atoms with Crippen LogP contribution in [0.15, 0.2) is 24.5 Å². The topological polar surface area (TPSA) is 55.8 Å². The van der Waals surface area contributed by atoms with Crippen molar-refractivity contribution in [2.24, 2.45) is 0 Å². The van der Waals surface area contributed by atoms with Gasteiger partial charge >= 0.3 is 5.97 Å². The monoisotopic (exact) mass is 200 g/mol. The summed E-state index contributed by atoms with van der Waals surface area (Å²) in [5.41, 5.74) is 0.280. The van der Waals surface area contributed by atoms with Crippen LogP contribution in [-0.2, 0) is 14.3 Å². The molecule has 0 aromatic heterocycles. The fraction of sp³-hybridized carbons (Fsp3) is 0.500. The summed E-state index contributed by atoms with van der Waals surface area (Å²) >= 11 is 0. The highest BCUT2D eigenvalue weighted by molar-refractivity contribution is 5.85. The van der Waals surface area contributed by atoms with Crippen molar-refractivity contribution >= 4 is 5.97 Å². The summed E-state index contributed by atoms with van der Waals surface area (Å²) in [5.74, 6) is -0.928. The van der Waals surface area contributed by atoms with Gasteiger partial charge in [0.25, 0.3) is 0 Å². The Balaban J connectivity index is 3.74. The van der Waals surface area contributed by atoms with Gasteiger partial charge in [-0.25, -0.2) is 4.79 Å². The number of carbonyl (C=O) groups is 1. The second-order valence-electron chi connectivity index (χ2n) is 2.77. The molecule has 0 spiro atoms. The van der Waals surface area contributed by atoms with Gasteiger partial charge in [0, 0.05) is 5.57 Å². The van der Waals surface area contributed by atoms with E-state index in [1.54, 1.807) is 13.0 Å². The van der Waals surface area contributed by atoms with E-state index in [1.165, 1.54) is 13.2 Å². The van der Waals surface area contributed by atoms with E-state index in [0.29, 0.717) is 13.2 Å². The van der Waals surface area contributed by atoms with Crippen LogP contribution in [0.1, 0.15) is 13.8 Å². The van der Waals surface area contributed by atoms with Gasteiger partial charge in [-0.2, -0.15) is 0 Å². The summed E-state index contributed by atoms with van der Waals surface area (Å²) in [6, 6.07) is 0. The van der Waals surface area contributed by atoms with E-state index in [0.717, 1.165) is 0 Å². The summed E-state index contributed by atoms with van der Waals surface area (Å²) < 4.78 is 10.1. The highest BCUT2D eigenvalue weighted by atomic mass is 16.5. The smallest absolute Gasteiger partial charge is 0.331 e. The summed E-state index contributed by atoms with van der Waals surface area (Å²) in [5, 5.41) is 8.58. The fourth-order valence-corrected chi connectivity index (χ4v) is 0.837. The maximum atomic E-state index is 10.4. The molecule has 0 bridgehead atoms. The minimum Gasteiger partial charge on any atom is -0.499 e. The van der Waals surface area contributed by atoms with Crippen LogP contribution in [0.5, 0.6) is 0 Å². The first kappa shape index (κ1) is 12.7. The lowest BCUT2D eigenvalue weighted by atomic mass is 10.2. The Morgan fingerprint density at radius 2 is 2.21 bits per heavy atom. The van der Waals surface area contributed by atoms with Crippen molar-refractivity contribution in [1.29, 1.82) is 0 Å². The van der Waals surface area contributed by atoms with Crippen molar-refractivity contribution in [1.82, 2.24) is 0 Å². The molecule has 0 aliphatic rings. The lowest BCUT2D eigenvalue weighted by molar-refractivity contribution is -0.132. The molecule has 0 radical (unpaired) electrons. The third-order valence-electron chi connectivity index (χ3n) is 1.52. The average molecular weight is 200 g/mol. The molecule has 4 heteroatoms. The summed E-state index contributed by atoms with van der Waals surface area (Å²) in [4.78, 5) is 10.4. The van der Waals surface area contributed by atoms with Crippen molar-refractivity contribution in [2.45, 2.75) is 20.0 Å². The van der Waals surface area contributed by atoms with Gasteiger partial charge < -0.3 is 14.6 Å². The van der Waals surface area contributed by atoms with Gasteiger partial charge in [0.2, 0.25) is 0 Å². The fourth-order valence-electron chi connectivity index (χ4n) is 0.837. The van der Waals surface area contributed by atoms with E-state index in [1.807, 2.05) is 0 Å². The van der Waals surface area contributed by atoms with Gasteiger partial charge in [-0.1, -0.05) is 6.58 Å². The molecule has 80 valence electrons. The SMILES string of the molecule is C=COCCOC(C)/C=C(/C)C(=O)O. The molecule has 4 nitrogen and oxygen atoms in total. The van der Waals surface area contributed by atoms with E-state index in [-0.39, 0.29) is 11.7 Å². The number of carboxylic acid groups (broad SMARTS) is 1. The van der Waals surface area contributed by atoms with E-state index >= 15 is 0 Å². The number of rotatable bonds is 7. The van der Waals surface area contributed by atoms with Crippen LogP contribution in [0.2, 0.25) is 0 Å². The zero-order valence-electron chi connectivity index (χ0n) is 8.53. The Morgan fingerprint density at radius 3 is 2.71 bits per heavy atom. The molecule has 0 heterocycles. The van der Waals surface area contributed by atoms with Crippen LogP contribution in [0.4, 0.5) is 0 Å². The quantitative estimate of drug-likeness (QED) is 0.385. The molecule has 0 aromatic carbocycles. The van der Waals surface area contributed by atoms with Crippen LogP contribution >= 0.6 is 0 Å². The number of carboxylic acids is 1. The first-order chi connectivity index (χ1) is 6.57. The molecule has 1 atom stereocenters. The normalized spacial score (nSPS) is 13.4. The van der Waals surface area contributed by atoms with Crippen LogP contribution in [-0.4, -0.2) is 30.4 Å². The number of ether oxygens (including phenoxy) is 2. The van der Waals surface area contributed by atoms with Crippen molar-refractivity contribution in [3.63, 3.8) is 0 Å². The highest BCUT2D eigenvalue weighted by Crippen LogP contribution is 1.99. The Labute approximate surface area is 83.8 Å². The van der Waals surface area contributed by atoms with Crippen LogP contribution in [0.25, 0.3) is 0 Å². The lowest BCUT2D eigenvalue weighted by Crippen LogP contribution is -2.11. The second-order valence-corrected chi connectivity index (χ2v) is 2.77. The molecule has 0 aliphatic heterocycles. The van der Waals surface area contributed by atoms with Gasteiger partial charge in [0.1, 0.15) is 6.61 Å². The predicted molar refractivity (Wildman–Crippen MR) is 53.0 cm³/mol. The largest absolute Gasteiger partial charge is 0.499 e. The average Bonchev–Trinajstić information content (AvgIpc) is 2.12. The highest BCUT2D eigenvalue weighted by Gasteiger charge is 2.03. The Bertz CT molecular complexity index is 220. The van der Waals surface area contributed by atoms with Crippen LogP contribution in [0.3, 0.4) is 0 Å². The van der Waals surface area contributed by atoms with Crippen molar-refractivity contribution < 1.29 is 19.4 Å². The summed E-state index contributed by atoms with van der Waals surface area (Å²) in [6.07, 6.45) is 2.67. The van der Waals surface area contributed by atoms with Crippen molar-refractivity contribution in [2.75, 3.05) is 13.2 Å². The Morgan fingerprint density at radius 1 is 1.57 bits per heavy atom. The molecule has 0 fully saturated rings. The first-order valence-corrected chi connectivity index (χ1v) is 4.33. The van der Waals surface area contributed by atoms with Crippen LogP contribution < -0.4 is 0 Å². The number of aliphatic carboxylic acids is 1. The predicted octanol–water partition coefficient (Wildman–Crippen LogP) is 1.58. The van der Waals surface area contributed by atoms with Crippen molar-refractivity contribution in [3.05, 3.63) is 24.5 Å². The van der Waals surface area contributed by atoms with Gasteiger partial charge in [0.15, 0.2) is 0 Å². The molecular weight excluding hydrogens is 184 g/mol. The molecule has 0 rings (SSSR count). The second kappa shape index (κ2) is 7.15. The molecule has 0 saturated heterocycles. The van der Waals surface area contributed by atoms with Crippen molar-refractivity contribution in [3.8, 4) is 0 Å². The Hall–Kier alpha value is -1.29. The minimum atomic E-state index is -0.928. The van der Waals surface area contributed by atoms with E-state index in [2.05, 4.69) is 6.58 Å². The van der Waals surface area contributed by atoms with Crippen LogP contribution in [0, 0.1) is 0 Å².